The Hall–Kier alpha value is -5.22. The molecule has 2 heterocycles. The first-order valence-corrected chi connectivity index (χ1v) is 15.9. The fourth-order valence-electron chi connectivity index (χ4n) is 5.91. The summed E-state index contributed by atoms with van der Waals surface area (Å²) in [6.07, 6.45) is 0. The van der Waals surface area contributed by atoms with Gasteiger partial charge in [-0.1, -0.05) is 127 Å². The first-order valence-electron chi connectivity index (χ1n) is 19.8. The summed E-state index contributed by atoms with van der Waals surface area (Å²) in [5, 5.41) is 2.35. The monoisotopic (exact) mass is 620 g/mol. The van der Waals surface area contributed by atoms with Crippen molar-refractivity contribution >= 4 is 80.1 Å². The van der Waals surface area contributed by atoms with Crippen LogP contribution in [0.4, 0.5) is 17.1 Å². The van der Waals surface area contributed by atoms with Gasteiger partial charge in [-0.2, -0.15) is 0 Å². The van der Waals surface area contributed by atoms with Gasteiger partial charge in [-0.15, -0.1) is 22.7 Å². The molecule has 0 saturated heterocycles. The molecule has 0 fully saturated rings. The van der Waals surface area contributed by atoms with Gasteiger partial charge in [0.05, 0.1) is 31.2 Å². The number of rotatable bonds is 5. The second-order valence-electron chi connectivity index (χ2n) is 10.5. The van der Waals surface area contributed by atoms with E-state index in [2.05, 4.69) is 6.07 Å². The van der Waals surface area contributed by atoms with Gasteiger partial charge in [0, 0.05) is 41.3 Å². The number of anilines is 3. The Morgan fingerprint density at radius 1 is 0.444 bits per heavy atom. The van der Waals surface area contributed by atoms with E-state index in [1.807, 2.05) is 95.9 Å². The zero-order chi connectivity index (χ0) is 39.3. The molecule has 0 amide bonds. The highest BCUT2D eigenvalue weighted by Gasteiger charge is 2.22. The first kappa shape index (κ1) is 17.3. The smallest absolute Gasteiger partial charge is 0.0645 e. The topological polar surface area (TPSA) is 3.24 Å². The minimum absolute atomic E-state index is 0.0965. The maximum absolute atomic E-state index is 9.57. The van der Waals surface area contributed by atoms with E-state index < -0.39 is 42.3 Å². The minimum atomic E-state index is -0.610. The fraction of sp³-hybridized carbons (Fsp3) is 0. The van der Waals surface area contributed by atoms with Crippen molar-refractivity contribution < 1.29 is 15.1 Å². The summed E-state index contributed by atoms with van der Waals surface area (Å²) >= 11 is 2.53. The largest absolute Gasteiger partial charge is 0.308 e. The van der Waals surface area contributed by atoms with E-state index >= 15 is 0 Å². The fourth-order valence-corrected chi connectivity index (χ4v) is 8.24. The predicted molar refractivity (Wildman–Crippen MR) is 198 cm³/mol. The van der Waals surface area contributed by atoms with Crippen LogP contribution in [-0.4, -0.2) is 0 Å². The molecular weight excluding hydrogens is 583 g/mol. The molecule has 0 radical (unpaired) electrons. The number of nitrogens with zero attached hydrogens (tertiary/aromatic N) is 1. The number of hydrogen-bond acceptors (Lipinski definition) is 3. The summed E-state index contributed by atoms with van der Waals surface area (Å²) in [6.45, 7) is 0. The van der Waals surface area contributed by atoms with Crippen molar-refractivity contribution in [1.82, 2.24) is 0 Å². The van der Waals surface area contributed by atoms with Crippen LogP contribution < -0.4 is 4.90 Å². The Balaban J connectivity index is 1.44. The number of thiophene rings is 2. The van der Waals surface area contributed by atoms with Gasteiger partial charge in [-0.25, -0.2) is 0 Å². The summed E-state index contributed by atoms with van der Waals surface area (Å²) in [5.41, 5.74) is 3.03. The average molecular weight is 621 g/mol. The molecule has 0 unspecified atom stereocenters. The lowest BCUT2D eigenvalue weighted by atomic mass is 10.0. The van der Waals surface area contributed by atoms with E-state index in [4.69, 9.17) is 12.3 Å². The van der Waals surface area contributed by atoms with Gasteiger partial charge in [0.15, 0.2) is 0 Å². The van der Waals surface area contributed by atoms with Crippen LogP contribution in [0.3, 0.4) is 0 Å². The van der Waals surface area contributed by atoms with Crippen LogP contribution in [0.15, 0.2) is 164 Å². The van der Waals surface area contributed by atoms with Gasteiger partial charge in [-0.3, -0.25) is 0 Å². The van der Waals surface area contributed by atoms with Crippen molar-refractivity contribution in [3.8, 4) is 22.3 Å². The lowest BCUT2D eigenvalue weighted by Crippen LogP contribution is -2.10. The minimum Gasteiger partial charge on any atom is -0.308 e. The highest BCUT2D eigenvalue weighted by molar-refractivity contribution is 7.27. The third-order valence-electron chi connectivity index (χ3n) is 7.93. The Morgan fingerprint density at radius 2 is 1.18 bits per heavy atom. The second-order valence-corrected chi connectivity index (χ2v) is 12.6. The SMILES string of the molecule is [2H]c1c([2H])c([2H])c(-c2c([2H])c([2H])c([2H])c3c2sc2c([2H])c([2H])c([2H])c(N(c4ccc(-c5ccccc5)cc4)c4cccc5c4sc4ccccc45)c23)c([2H])c1[2H]. The molecule has 3 heteroatoms. The molecule has 9 aromatic rings. The average Bonchev–Trinajstić information content (AvgIpc) is 3.81. The maximum Gasteiger partial charge on any atom is 0.0645 e. The number of benzene rings is 7. The molecule has 1 nitrogen and oxygen atoms in total. The van der Waals surface area contributed by atoms with E-state index in [-0.39, 0.29) is 61.2 Å². The van der Waals surface area contributed by atoms with E-state index in [1.165, 1.54) is 0 Å². The third kappa shape index (κ3) is 4.35. The molecule has 0 atom stereocenters. The van der Waals surface area contributed by atoms with Gasteiger partial charge in [0.1, 0.15) is 0 Å². The summed E-state index contributed by atoms with van der Waals surface area (Å²) in [4.78, 5) is 1.86. The van der Waals surface area contributed by atoms with Gasteiger partial charge in [0.25, 0.3) is 0 Å². The Morgan fingerprint density at radius 3 is 2.04 bits per heavy atom. The Labute approximate surface area is 285 Å². The molecule has 9 rings (SSSR count). The summed E-state index contributed by atoms with van der Waals surface area (Å²) in [5.74, 6) is 0. The molecule has 2 aromatic heterocycles. The molecule has 0 bridgehead atoms. The lowest BCUT2D eigenvalue weighted by Gasteiger charge is -2.27. The van der Waals surface area contributed by atoms with Crippen LogP contribution in [0, 0.1) is 0 Å². The molecule has 45 heavy (non-hydrogen) atoms. The van der Waals surface area contributed by atoms with Gasteiger partial charge in [-0.05, 0) is 58.6 Å². The summed E-state index contributed by atoms with van der Waals surface area (Å²) in [7, 11) is 0. The van der Waals surface area contributed by atoms with Crippen molar-refractivity contribution in [2.45, 2.75) is 0 Å². The highest BCUT2D eigenvalue weighted by atomic mass is 32.1. The maximum atomic E-state index is 9.57. The van der Waals surface area contributed by atoms with Crippen molar-refractivity contribution in [2.75, 3.05) is 4.90 Å². The zero-order valence-electron chi connectivity index (χ0n) is 34.5. The van der Waals surface area contributed by atoms with Crippen molar-refractivity contribution in [2.24, 2.45) is 0 Å². The van der Waals surface area contributed by atoms with Gasteiger partial charge in [0.2, 0.25) is 0 Å². The summed E-state index contributed by atoms with van der Waals surface area (Å²) in [6, 6.07) is 26.3. The quantitative estimate of drug-likeness (QED) is 0.185. The second kappa shape index (κ2) is 10.7. The standard InChI is InChI=1S/C42H27NS2/c1-3-12-28(13-4-1)29-24-26-31(27-25-29)43(37-21-10-18-34-33-16-7-8-22-38(33)44-42(34)37)36-20-11-23-39-40(36)35-19-9-17-32(41(35)45-39)30-14-5-2-6-15-30/h1-27H/i2D,5D,6D,9D,11D,14D,15D,17D,19D,20D,23D. The van der Waals surface area contributed by atoms with Crippen LogP contribution in [0.2, 0.25) is 0 Å². The Kier molecular flexibility index (Phi) is 4.13. The number of hydrogen-bond donors (Lipinski definition) is 0. The number of fused-ring (bicyclic) bond motifs is 6. The normalized spacial score (nSPS) is 15.0. The molecule has 0 spiro atoms. The van der Waals surface area contributed by atoms with Crippen LogP contribution in [0.1, 0.15) is 15.1 Å². The molecular formula is C42H27NS2. The van der Waals surface area contributed by atoms with Crippen molar-refractivity contribution in [3.63, 3.8) is 0 Å². The van der Waals surface area contributed by atoms with Crippen molar-refractivity contribution in [3.05, 3.63) is 164 Å². The highest BCUT2D eigenvalue weighted by Crippen LogP contribution is 2.50. The lowest BCUT2D eigenvalue weighted by molar-refractivity contribution is 1.32. The molecule has 0 aliphatic heterocycles. The predicted octanol–water partition coefficient (Wildman–Crippen LogP) is 13.2. The van der Waals surface area contributed by atoms with Crippen LogP contribution >= 0.6 is 22.7 Å². The van der Waals surface area contributed by atoms with Crippen LogP contribution in [-0.2, 0) is 0 Å². The van der Waals surface area contributed by atoms with E-state index in [0.717, 1.165) is 42.6 Å². The molecule has 212 valence electrons. The van der Waals surface area contributed by atoms with E-state index in [1.54, 1.807) is 11.3 Å². The molecule has 0 aliphatic carbocycles. The van der Waals surface area contributed by atoms with Gasteiger partial charge >= 0.3 is 0 Å². The molecule has 0 N–H and O–H groups in total. The first-order chi connectivity index (χ1) is 26.9. The van der Waals surface area contributed by atoms with Crippen molar-refractivity contribution in [1.29, 1.82) is 0 Å². The summed E-state index contributed by atoms with van der Waals surface area (Å²) < 4.78 is 100.0. The van der Waals surface area contributed by atoms with E-state index in [0.29, 0.717) is 11.4 Å². The Bertz CT molecular complexity index is 3070. The van der Waals surface area contributed by atoms with Crippen LogP contribution in [0.25, 0.3) is 62.6 Å². The van der Waals surface area contributed by atoms with E-state index in [9.17, 15) is 2.74 Å². The van der Waals surface area contributed by atoms with Crippen LogP contribution in [0.5, 0.6) is 0 Å². The molecule has 0 saturated carbocycles. The third-order valence-corrected chi connectivity index (χ3v) is 10.3. The molecule has 7 aromatic carbocycles. The van der Waals surface area contributed by atoms with Gasteiger partial charge < -0.3 is 4.90 Å². The zero-order valence-corrected chi connectivity index (χ0v) is 25.1. The molecule has 0 aliphatic rings.